The number of hydrogen-bond donors (Lipinski definition) is 2. The van der Waals surface area contributed by atoms with Crippen molar-refractivity contribution in [2.24, 2.45) is 0 Å². The summed E-state index contributed by atoms with van der Waals surface area (Å²) in [4.78, 5) is 50.9. The van der Waals surface area contributed by atoms with E-state index in [9.17, 15) is 22.8 Å². The van der Waals surface area contributed by atoms with Crippen LogP contribution in [0.3, 0.4) is 0 Å². The number of fused-ring (bicyclic) bond motifs is 1. The molecule has 1 aromatic carbocycles. The molecule has 1 amide bonds. The maximum atomic E-state index is 13.9. The first-order valence-corrected chi connectivity index (χ1v) is 16.3. The zero-order valence-electron chi connectivity index (χ0n) is 25.0. The van der Waals surface area contributed by atoms with E-state index in [1.165, 1.54) is 40.9 Å². The third-order valence-electron chi connectivity index (χ3n) is 7.08. The number of pyridine rings is 2. The van der Waals surface area contributed by atoms with E-state index in [0.717, 1.165) is 4.31 Å². The molecule has 0 spiro atoms. The highest BCUT2D eigenvalue weighted by molar-refractivity contribution is 8.02. The predicted octanol–water partition coefficient (Wildman–Crippen LogP) is 3.02. The molecule has 3 aromatic heterocycles. The first-order chi connectivity index (χ1) is 20.7. The molecule has 1 aliphatic heterocycles. The van der Waals surface area contributed by atoms with E-state index >= 15 is 0 Å². The quantitative estimate of drug-likeness (QED) is 0.277. The Kier molecular flexibility index (Phi) is 8.44. The fourth-order valence-corrected chi connectivity index (χ4v) is 8.17. The summed E-state index contributed by atoms with van der Waals surface area (Å²) in [6.45, 7) is 8.77. The Morgan fingerprint density at radius 2 is 1.84 bits per heavy atom. The molecule has 0 bridgehead atoms. The van der Waals surface area contributed by atoms with Gasteiger partial charge in [0.25, 0.3) is 0 Å². The molecule has 232 valence electrons. The number of H-pyrrole nitrogens is 1. The van der Waals surface area contributed by atoms with Crippen LogP contribution in [0.5, 0.6) is 0 Å². The van der Waals surface area contributed by atoms with Gasteiger partial charge >= 0.3 is 11.7 Å². The summed E-state index contributed by atoms with van der Waals surface area (Å²) < 4.78 is 34.5. The van der Waals surface area contributed by atoms with Gasteiger partial charge in [0, 0.05) is 29.8 Å². The summed E-state index contributed by atoms with van der Waals surface area (Å²) >= 11 is 1.33. The number of sulfonamides is 1. The number of hydrogen-bond acceptors (Lipinski definition) is 9. The Balaban J connectivity index is 1.42. The molecule has 1 fully saturated rings. The molecule has 5 rings (SSSR count). The van der Waals surface area contributed by atoms with Gasteiger partial charge in [0.1, 0.15) is 22.6 Å². The lowest BCUT2D eigenvalue weighted by atomic mass is 10.0. The number of ether oxygens (including phenoxy) is 1. The van der Waals surface area contributed by atoms with E-state index in [1.807, 2.05) is 0 Å². The van der Waals surface area contributed by atoms with Crippen LogP contribution in [0.2, 0.25) is 0 Å². The summed E-state index contributed by atoms with van der Waals surface area (Å²) in [5.41, 5.74) is 1.17. The first-order valence-electron chi connectivity index (χ1n) is 13.9. The summed E-state index contributed by atoms with van der Waals surface area (Å²) in [5.74, 6) is -1.21. The lowest BCUT2D eigenvalue weighted by Gasteiger charge is -2.32. The molecule has 4 heterocycles. The molecule has 4 aromatic rings. The van der Waals surface area contributed by atoms with Gasteiger partial charge in [-0.3, -0.25) is 9.78 Å². The molecule has 2 atom stereocenters. The summed E-state index contributed by atoms with van der Waals surface area (Å²) in [6, 6.07) is 11.2. The highest BCUT2D eigenvalue weighted by atomic mass is 32.2. The Labute approximate surface area is 259 Å². The fourth-order valence-electron chi connectivity index (χ4n) is 5.03. The highest BCUT2D eigenvalue weighted by Gasteiger charge is 2.51. The van der Waals surface area contributed by atoms with Gasteiger partial charge in [-0.25, -0.2) is 27.6 Å². The SMILES string of the molecule is CC(C)(C)OC(=O)[C@H](Cc1ccc(-n2c(=O)[nH]c3cccnc32)cc1)NC(=O)C1N(S(=O)(=O)c2cccnc2)CSC1(C)C. The number of aromatic nitrogens is 4. The lowest BCUT2D eigenvalue weighted by molar-refractivity contribution is -0.158. The highest BCUT2D eigenvalue weighted by Crippen LogP contribution is 2.42. The molecule has 14 heteroatoms. The molecule has 0 aliphatic carbocycles. The van der Waals surface area contributed by atoms with E-state index in [4.69, 9.17) is 4.74 Å². The van der Waals surface area contributed by atoms with Crippen LogP contribution in [0.15, 0.2) is 76.8 Å². The van der Waals surface area contributed by atoms with E-state index in [2.05, 4.69) is 20.3 Å². The van der Waals surface area contributed by atoms with Gasteiger partial charge in [-0.15, -0.1) is 11.8 Å². The second kappa shape index (κ2) is 11.8. The minimum Gasteiger partial charge on any atom is -0.458 e. The molecule has 0 saturated carbocycles. The Hall–Kier alpha value is -4.01. The van der Waals surface area contributed by atoms with E-state index in [1.54, 1.807) is 77.2 Å². The fraction of sp³-hybridized carbons (Fsp3) is 0.367. The van der Waals surface area contributed by atoms with Gasteiger partial charge in [-0.05, 0) is 76.6 Å². The Bertz CT molecular complexity index is 1850. The second-order valence-electron chi connectivity index (χ2n) is 12.0. The number of thioether (sulfide) groups is 1. The second-order valence-corrected chi connectivity index (χ2v) is 15.5. The van der Waals surface area contributed by atoms with Gasteiger partial charge < -0.3 is 15.0 Å². The lowest BCUT2D eigenvalue weighted by Crippen LogP contribution is -2.57. The topological polar surface area (TPSA) is 156 Å². The molecular formula is C30H34N6O6S2. The molecule has 2 N–H and O–H groups in total. The van der Waals surface area contributed by atoms with Crippen LogP contribution in [0.1, 0.15) is 40.2 Å². The van der Waals surface area contributed by atoms with Gasteiger partial charge in [0.05, 0.1) is 17.1 Å². The number of rotatable bonds is 8. The summed E-state index contributed by atoms with van der Waals surface area (Å²) in [5, 5.41) is 2.80. The Morgan fingerprint density at radius 1 is 1.14 bits per heavy atom. The van der Waals surface area contributed by atoms with Crippen LogP contribution in [0.4, 0.5) is 0 Å². The van der Waals surface area contributed by atoms with E-state index in [-0.39, 0.29) is 22.9 Å². The van der Waals surface area contributed by atoms with Crippen molar-refractivity contribution >= 4 is 44.8 Å². The van der Waals surface area contributed by atoms with Crippen LogP contribution >= 0.6 is 11.8 Å². The zero-order valence-corrected chi connectivity index (χ0v) is 26.6. The molecule has 1 unspecified atom stereocenters. The van der Waals surface area contributed by atoms with Crippen molar-refractivity contribution in [2.45, 2.75) is 68.4 Å². The van der Waals surface area contributed by atoms with Gasteiger partial charge in [-0.2, -0.15) is 4.31 Å². The number of benzene rings is 1. The number of carbonyl (C=O) groups is 2. The third kappa shape index (κ3) is 6.42. The number of carbonyl (C=O) groups excluding carboxylic acids is 2. The van der Waals surface area contributed by atoms with Crippen molar-refractivity contribution in [1.82, 2.24) is 29.1 Å². The summed E-state index contributed by atoms with van der Waals surface area (Å²) in [7, 11) is -4.06. The third-order valence-corrected chi connectivity index (χ3v) is 10.4. The minimum absolute atomic E-state index is 0.0237. The van der Waals surface area contributed by atoms with Gasteiger partial charge in [-0.1, -0.05) is 12.1 Å². The van der Waals surface area contributed by atoms with Crippen LogP contribution in [0.25, 0.3) is 16.9 Å². The molecular weight excluding hydrogens is 605 g/mol. The maximum absolute atomic E-state index is 13.9. The van der Waals surface area contributed by atoms with E-state index in [0.29, 0.717) is 22.4 Å². The smallest absolute Gasteiger partial charge is 0.332 e. The van der Waals surface area contributed by atoms with Gasteiger partial charge in [0.2, 0.25) is 15.9 Å². The standard InChI is InChI=1S/C30H34N6O6S2/c1-29(2,3)42-27(38)23(16-19-10-12-20(13-11-19)36-25-22(34-28(36)39)9-7-15-32-25)33-26(37)24-30(4,5)43-18-35(24)44(40,41)21-8-6-14-31-17-21/h6-15,17,23-24H,16,18H2,1-5H3,(H,33,37)(H,34,39)/t23-,24?/m0/s1. The number of imidazole rings is 1. The average Bonchev–Trinajstić information content (AvgIpc) is 3.47. The van der Waals surface area contributed by atoms with Crippen molar-refractivity contribution in [2.75, 3.05) is 5.88 Å². The van der Waals surface area contributed by atoms with Crippen molar-refractivity contribution in [3.63, 3.8) is 0 Å². The number of nitrogens with one attached hydrogen (secondary N) is 2. The maximum Gasteiger partial charge on any atom is 0.332 e. The summed E-state index contributed by atoms with van der Waals surface area (Å²) in [6.07, 6.45) is 4.38. The number of esters is 1. The van der Waals surface area contributed by atoms with Crippen molar-refractivity contribution in [3.8, 4) is 5.69 Å². The van der Waals surface area contributed by atoms with Crippen molar-refractivity contribution in [3.05, 3.63) is 83.2 Å². The minimum atomic E-state index is -4.06. The molecule has 0 radical (unpaired) electrons. The van der Waals surface area contributed by atoms with Crippen LogP contribution in [-0.2, 0) is 30.8 Å². The van der Waals surface area contributed by atoms with Crippen LogP contribution in [0, 0.1) is 0 Å². The monoisotopic (exact) mass is 638 g/mol. The van der Waals surface area contributed by atoms with Crippen molar-refractivity contribution < 1.29 is 22.7 Å². The van der Waals surface area contributed by atoms with Crippen molar-refractivity contribution in [1.29, 1.82) is 0 Å². The normalized spacial score (nSPS) is 17.8. The van der Waals surface area contributed by atoms with Crippen LogP contribution in [-0.4, -0.2) is 72.4 Å². The molecule has 1 saturated heterocycles. The molecule has 1 aliphatic rings. The first kappa shape index (κ1) is 31.4. The number of nitrogens with zero attached hydrogens (tertiary/aromatic N) is 4. The molecule has 12 nitrogen and oxygen atoms in total. The Morgan fingerprint density at radius 3 is 2.50 bits per heavy atom. The zero-order chi connectivity index (χ0) is 31.9. The predicted molar refractivity (Wildman–Crippen MR) is 167 cm³/mol. The number of amides is 1. The van der Waals surface area contributed by atoms with E-state index < -0.39 is 44.3 Å². The van der Waals surface area contributed by atoms with Gasteiger partial charge in [0.15, 0.2) is 5.65 Å². The van der Waals surface area contributed by atoms with Crippen LogP contribution < -0.4 is 11.0 Å². The number of aromatic amines is 1. The average molecular weight is 639 g/mol. The largest absolute Gasteiger partial charge is 0.458 e. The molecule has 44 heavy (non-hydrogen) atoms.